The van der Waals surface area contributed by atoms with Crippen molar-refractivity contribution in [1.82, 2.24) is 9.80 Å². The summed E-state index contributed by atoms with van der Waals surface area (Å²) in [6.45, 7) is 22.9. The van der Waals surface area contributed by atoms with E-state index in [1.54, 1.807) is 51.8 Å². The molecule has 2 N–H and O–H groups in total. The van der Waals surface area contributed by atoms with E-state index in [1.807, 2.05) is 53.7 Å². The van der Waals surface area contributed by atoms with E-state index in [4.69, 9.17) is 49.5 Å². The minimum Gasteiger partial charge on any atom is -0.458 e. The molecule has 0 bridgehead atoms. The number of aliphatic hydroxyl groups excluding tert-OH is 2. The quantitative estimate of drug-likeness (QED) is 0.186. The molecule has 68 heavy (non-hydrogen) atoms. The van der Waals surface area contributed by atoms with Gasteiger partial charge in [0.1, 0.15) is 24.1 Å². The number of hydrogen-bond donors (Lipinski definition) is 2. The number of aliphatic hydroxyl groups is 2. The molecule has 15 nitrogen and oxygen atoms in total. The van der Waals surface area contributed by atoms with E-state index in [1.165, 1.54) is 7.11 Å². The predicted molar refractivity (Wildman–Crippen MR) is 256 cm³/mol. The zero-order valence-corrected chi connectivity index (χ0v) is 43.9. The smallest absolute Gasteiger partial charge is 0.410 e. The molecule has 1 saturated carbocycles. The molecule has 0 aromatic heterocycles. The number of hydrogen-bond acceptors (Lipinski definition) is 14. The van der Waals surface area contributed by atoms with Crippen LogP contribution in [-0.4, -0.2) is 155 Å². The number of methoxy groups -OCH3 is 2. The van der Waals surface area contributed by atoms with Gasteiger partial charge < -0.3 is 48.1 Å². The van der Waals surface area contributed by atoms with Gasteiger partial charge in [0, 0.05) is 68.1 Å². The molecule has 4 aliphatic heterocycles. The van der Waals surface area contributed by atoms with E-state index in [-0.39, 0.29) is 49.8 Å². The average molecular weight is 980 g/mol. The molecule has 4 saturated heterocycles. The molecule has 16 heteroatoms. The van der Waals surface area contributed by atoms with Crippen LogP contribution in [0.25, 0.3) is 0 Å². The van der Waals surface area contributed by atoms with Crippen LogP contribution in [0.4, 0.5) is 4.79 Å². The van der Waals surface area contributed by atoms with Crippen LogP contribution in [0.1, 0.15) is 134 Å². The Hall–Kier alpha value is -2.44. The van der Waals surface area contributed by atoms with Crippen molar-refractivity contribution >= 4 is 29.4 Å². The summed E-state index contributed by atoms with van der Waals surface area (Å²) in [6.07, 6.45) is -3.70. The lowest BCUT2D eigenvalue weighted by atomic mass is 9.73. The van der Waals surface area contributed by atoms with Gasteiger partial charge >= 0.3 is 12.1 Å². The van der Waals surface area contributed by atoms with Crippen molar-refractivity contribution in [3.05, 3.63) is 34.9 Å². The van der Waals surface area contributed by atoms with Crippen molar-refractivity contribution in [1.29, 1.82) is 0 Å². The maximum atomic E-state index is 15.1. The van der Waals surface area contributed by atoms with E-state index in [9.17, 15) is 15.0 Å². The number of amides is 1. The lowest BCUT2D eigenvalue weighted by Crippen LogP contribution is -2.64. The molecule has 1 amide bonds. The van der Waals surface area contributed by atoms with E-state index >= 15 is 9.59 Å². The third-order valence-corrected chi connectivity index (χ3v) is 16.7. The van der Waals surface area contributed by atoms with Gasteiger partial charge in [-0.15, -0.1) is 0 Å². The molecule has 6 rings (SSSR count). The Balaban J connectivity index is 1.44. The molecule has 1 aliphatic carbocycles. The van der Waals surface area contributed by atoms with Crippen molar-refractivity contribution in [3.63, 3.8) is 0 Å². The number of fused-ring (bicyclic) bond motifs is 1. The Morgan fingerprint density at radius 2 is 1.54 bits per heavy atom. The lowest BCUT2D eigenvalue weighted by molar-refractivity contribution is -0.321. The molecule has 1 aromatic rings. The number of nitrogens with zero attached hydrogens (tertiary/aromatic N) is 2. The third-order valence-electron chi connectivity index (χ3n) is 16.5. The summed E-state index contributed by atoms with van der Waals surface area (Å²) < 4.78 is 52.3. The van der Waals surface area contributed by atoms with Gasteiger partial charge in [-0.05, 0) is 112 Å². The van der Waals surface area contributed by atoms with Gasteiger partial charge in [-0.3, -0.25) is 19.4 Å². The molecule has 4 heterocycles. The first-order valence-corrected chi connectivity index (χ1v) is 25.6. The van der Waals surface area contributed by atoms with E-state index < -0.39 is 108 Å². The molecule has 0 radical (unpaired) electrons. The highest BCUT2D eigenvalue weighted by molar-refractivity contribution is 6.30. The number of esters is 1. The van der Waals surface area contributed by atoms with Crippen LogP contribution in [0.5, 0.6) is 0 Å². The Morgan fingerprint density at radius 1 is 0.897 bits per heavy atom. The molecule has 18 unspecified atom stereocenters. The first kappa shape index (κ1) is 54.9. The summed E-state index contributed by atoms with van der Waals surface area (Å²) in [5.74, 6) is -3.91. The van der Waals surface area contributed by atoms with Crippen LogP contribution >= 0.6 is 11.6 Å². The lowest BCUT2D eigenvalue weighted by Gasteiger charge is -2.52. The first-order chi connectivity index (χ1) is 31.9. The second kappa shape index (κ2) is 22.1. The van der Waals surface area contributed by atoms with Crippen molar-refractivity contribution < 1.29 is 62.5 Å². The number of carbonyl (C=O) groups excluding carboxylic acids is 3. The summed E-state index contributed by atoms with van der Waals surface area (Å²) in [6, 6.07) is 6.82. The summed E-state index contributed by atoms with van der Waals surface area (Å²) in [4.78, 5) is 48.3. The third kappa shape index (κ3) is 11.1. The first-order valence-electron chi connectivity index (χ1n) is 25.3. The Labute approximate surface area is 410 Å². The standard InChI is InChI=1S/C52H83ClN2O13/c1-15-39-52(12)44(54(49(60)68-52)24-23-35-19-21-36(53)22-20-35)31(6)41(56)29(4)26-51(11,62-14)46(67-48-42(57)38(25-30(5)63-48)55(28(2)3)37-17-16-18-37)32(7)43(33(8)47(59)65-39)66-40-27-50(10,61-13)45(58)34(9)64-40/h19-22,28-34,37-40,42-46,48,57-58H,15-18,23-27H2,1-14H3. The fraction of sp³-hybridized carbons (Fsp3) is 0.827. The van der Waals surface area contributed by atoms with Crippen LogP contribution in [0, 0.1) is 23.7 Å². The molecule has 5 aliphatic rings. The molecule has 18 atom stereocenters. The van der Waals surface area contributed by atoms with Gasteiger partial charge in [-0.25, -0.2) is 4.79 Å². The summed E-state index contributed by atoms with van der Waals surface area (Å²) in [5.41, 5.74) is -2.79. The zero-order valence-electron chi connectivity index (χ0n) is 43.1. The highest BCUT2D eigenvalue weighted by Gasteiger charge is 2.61. The fourth-order valence-corrected chi connectivity index (χ4v) is 12.4. The van der Waals surface area contributed by atoms with Crippen LogP contribution in [-0.2, 0) is 53.9 Å². The second-order valence-corrected chi connectivity index (χ2v) is 22.1. The van der Waals surface area contributed by atoms with E-state index in [2.05, 4.69) is 18.7 Å². The Morgan fingerprint density at radius 3 is 2.12 bits per heavy atom. The van der Waals surface area contributed by atoms with Crippen LogP contribution in [0.3, 0.4) is 0 Å². The van der Waals surface area contributed by atoms with Crippen LogP contribution in [0.15, 0.2) is 24.3 Å². The van der Waals surface area contributed by atoms with Crippen molar-refractivity contribution in [3.8, 4) is 0 Å². The fourth-order valence-electron chi connectivity index (χ4n) is 12.3. The van der Waals surface area contributed by atoms with Crippen LogP contribution < -0.4 is 0 Å². The molecule has 386 valence electrons. The summed E-state index contributed by atoms with van der Waals surface area (Å²) in [7, 11) is 3.10. The molecule has 5 fully saturated rings. The highest BCUT2D eigenvalue weighted by atomic mass is 35.5. The monoisotopic (exact) mass is 979 g/mol. The summed E-state index contributed by atoms with van der Waals surface area (Å²) >= 11 is 6.19. The van der Waals surface area contributed by atoms with Gasteiger partial charge in [0.25, 0.3) is 0 Å². The Bertz CT molecular complexity index is 1870. The van der Waals surface area contributed by atoms with Crippen LogP contribution in [0.2, 0.25) is 5.02 Å². The molecule has 1 aromatic carbocycles. The van der Waals surface area contributed by atoms with Crippen molar-refractivity contribution in [2.24, 2.45) is 23.7 Å². The van der Waals surface area contributed by atoms with Gasteiger partial charge in [-0.2, -0.15) is 0 Å². The molecular formula is C52H83ClN2O13. The minimum atomic E-state index is -1.43. The number of benzene rings is 1. The number of ether oxygens (including phenoxy) is 8. The maximum absolute atomic E-state index is 15.1. The highest BCUT2D eigenvalue weighted by Crippen LogP contribution is 2.45. The second-order valence-electron chi connectivity index (χ2n) is 21.7. The summed E-state index contributed by atoms with van der Waals surface area (Å²) in [5, 5.41) is 24.2. The minimum absolute atomic E-state index is 0.130. The number of halogens is 1. The predicted octanol–water partition coefficient (Wildman–Crippen LogP) is 7.50. The average Bonchev–Trinajstić information content (AvgIpc) is 3.54. The molecule has 0 spiro atoms. The van der Waals surface area contributed by atoms with Gasteiger partial charge in [0.2, 0.25) is 0 Å². The Kier molecular flexibility index (Phi) is 17.9. The zero-order chi connectivity index (χ0) is 50.2. The van der Waals surface area contributed by atoms with Gasteiger partial charge in [-0.1, -0.05) is 57.8 Å². The largest absolute Gasteiger partial charge is 0.458 e. The maximum Gasteiger partial charge on any atom is 0.410 e. The van der Waals surface area contributed by atoms with E-state index in [0.29, 0.717) is 23.9 Å². The number of ketones is 1. The number of Topliss-reactive ketones (excluding diaryl/α,β-unsaturated/α-hetero) is 1. The van der Waals surface area contributed by atoms with Crippen molar-refractivity contribution in [2.45, 2.75) is 231 Å². The number of cyclic esters (lactones) is 1. The van der Waals surface area contributed by atoms with E-state index in [0.717, 1.165) is 24.8 Å². The van der Waals surface area contributed by atoms with Gasteiger partial charge in [0.05, 0.1) is 47.6 Å². The topological polar surface area (TPSA) is 172 Å². The number of rotatable bonds is 13. The SMILES string of the molecule is CCC1OC(=O)C(C)C(OC2CC(C)(OC)C(O)C(C)O2)C(C)C(OC2OC(C)CC(N(C(C)C)C3CCC3)C2O)C(C)(OC)CC(C)C(=O)C(C)C2N(CCc3ccc(Cl)cc3)C(=O)OC12C. The van der Waals surface area contributed by atoms with Gasteiger partial charge in [0.15, 0.2) is 18.2 Å². The normalized spacial score (nSPS) is 42.4. The van der Waals surface area contributed by atoms with Crippen molar-refractivity contribution in [2.75, 3.05) is 20.8 Å². The molecular weight excluding hydrogens is 896 g/mol. The number of carbonyl (C=O) groups is 3.